The topological polar surface area (TPSA) is 99.4 Å². The number of ether oxygens (including phenoxy) is 2. The Bertz CT molecular complexity index is 333. The molecule has 1 heterocycles. The number of unbranched alkanes of at least 4 members (excludes halogenated alkanes) is 6. The van der Waals surface area contributed by atoms with Crippen molar-refractivity contribution in [2.75, 3.05) is 13.2 Å². The number of hydrogen-bond donors (Lipinski definition) is 4. The number of aliphatic hydroxyl groups is 4. The lowest BCUT2D eigenvalue weighted by Crippen LogP contribution is -2.59. The highest BCUT2D eigenvalue weighted by atomic mass is 16.7. The maximum atomic E-state index is 9.84. The Hall–Kier alpha value is -0.500. The predicted octanol–water partition coefficient (Wildman–Crippen LogP) is 1.50. The number of aliphatic hydroxyl groups excluding tert-OH is 4. The van der Waals surface area contributed by atoms with E-state index in [-0.39, 0.29) is 0 Å². The third-order valence-electron chi connectivity index (χ3n) is 4.30. The predicted molar refractivity (Wildman–Crippen MR) is 91.5 cm³/mol. The molecular formula is C18H34O6. The van der Waals surface area contributed by atoms with Crippen LogP contribution in [0.4, 0.5) is 0 Å². The maximum Gasteiger partial charge on any atom is 0.186 e. The van der Waals surface area contributed by atoms with Gasteiger partial charge in [-0.2, -0.15) is 0 Å². The fourth-order valence-corrected chi connectivity index (χ4v) is 2.76. The summed E-state index contributed by atoms with van der Waals surface area (Å²) in [7, 11) is 0. The van der Waals surface area contributed by atoms with Crippen LogP contribution in [0.3, 0.4) is 0 Å². The standard InChI is InChI=1S/C18H34O6/c1-2-3-4-5-6-7-8-9-10-11-12-23-18-17(22)16(21)15(20)14(13-19)24-18/h3-4,14-22H,2,5-13H2,1H3/b4-3+. The second kappa shape index (κ2) is 12.8. The van der Waals surface area contributed by atoms with Crippen LogP contribution < -0.4 is 0 Å². The molecular weight excluding hydrogens is 312 g/mol. The highest BCUT2D eigenvalue weighted by Crippen LogP contribution is 2.22. The Labute approximate surface area is 145 Å². The molecule has 0 radical (unpaired) electrons. The number of rotatable bonds is 12. The molecule has 6 nitrogen and oxygen atoms in total. The molecule has 4 N–H and O–H groups in total. The lowest BCUT2D eigenvalue weighted by atomic mass is 9.99. The van der Waals surface area contributed by atoms with Crippen LogP contribution in [-0.4, -0.2) is 64.3 Å². The SMILES string of the molecule is CC/C=C/CCCCCCCCOC1OC(CO)C(O)C(O)C1O. The van der Waals surface area contributed by atoms with Crippen molar-refractivity contribution in [2.24, 2.45) is 0 Å². The molecule has 0 amide bonds. The Morgan fingerprint density at radius 1 is 0.875 bits per heavy atom. The van der Waals surface area contributed by atoms with E-state index in [1.165, 1.54) is 19.3 Å². The second-order valence-electron chi connectivity index (χ2n) is 6.36. The molecule has 0 aromatic rings. The summed E-state index contributed by atoms with van der Waals surface area (Å²) in [5, 5.41) is 38.3. The van der Waals surface area contributed by atoms with Crippen LogP contribution >= 0.6 is 0 Å². The van der Waals surface area contributed by atoms with E-state index >= 15 is 0 Å². The molecule has 0 saturated carbocycles. The maximum absolute atomic E-state index is 9.84. The first-order valence-electron chi connectivity index (χ1n) is 9.19. The zero-order chi connectivity index (χ0) is 17.8. The molecule has 0 spiro atoms. The monoisotopic (exact) mass is 346 g/mol. The largest absolute Gasteiger partial charge is 0.394 e. The van der Waals surface area contributed by atoms with Crippen LogP contribution in [0, 0.1) is 0 Å². The Morgan fingerprint density at radius 2 is 1.54 bits per heavy atom. The highest BCUT2D eigenvalue weighted by Gasteiger charge is 2.43. The van der Waals surface area contributed by atoms with Crippen molar-refractivity contribution in [1.82, 2.24) is 0 Å². The average Bonchev–Trinajstić information content (AvgIpc) is 2.59. The van der Waals surface area contributed by atoms with Gasteiger partial charge in [0.05, 0.1) is 6.61 Å². The van der Waals surface area contributed by atoms with Crippen LogP contribution in [0.15, 0.2) is 12.2 Å². The van der Waals surface area contributed by atoms with Crippen LogP contribution in [0.2, 0.25) is 0 Å². The minimum Gasteiger partial charge on any atom is -0.394 e. The third-order valence-corrected chi connectivity index (χ3v) is 4.30. The molecule has 0 bridgehead atoms. The fraction of sp³-hybridized carbons (Fsp3) is 0.889. The molecule has 0 aliphatic carbocycles. The van der Waals surface area contributed by atoms with Gasteiger partial charge in [0.1, 0.15) is 24.4 Å². The van der Waals surface area contributed by atoms with Gasteiger partial charge < -0.3 is 29.9 Å². The summed E-state index contributed by atoms with van der Waals surface area (Å²) in [6.07, 6.45) is 7.51. The van der Waals surface area contributed by atoms with Gasteiger partial charge in [-0.15, -0.1) is 0 Å². The lowest BCUT2D eigenvalue weighted by Gasteiger charge is -2.39. The van der Waals surface area contributed by atoms with Crippen molar-refractivity contribution in [3.63, 3.8) is 0 Å². The minimum atomic E-state index is -1.37. The normalized spacial score (nSPS) is 31.0. The van der Waals surface area contributed by atoms with Gasteiger partial charge in [-0.1, -0.05) is 44.8 Å². The first kappa shape index (κ1) is 21.5. The summed E-state index contributed by atoms with van der Waals surface area (Å²) in [5.41, 5.74) is 0. The van der Waals surface area contributed by atoms with Gasteiger partial charge in [-0.05, 0) is 25.7 Å². The van der Waals surface area contributed by atoms with Crippen molar-refractivity contribution in [3.8, 4) is 0 Å². The van der Waals surface area contributed by atoms with E-state index in [0.29, 0.717) is 6.61 Å². The lowest BCUT2D eigenvalue weighted by molar-refractivity contribution is -0.301. The first-order valence-corrected chi connectivity index (χ1v) is 9.19. The summed E-state index contributed by atoms with van der Waals surface area (Å²) >= 11 is 0. The van der Waals surface area contributed by atoms with Gasteiger partial charge in [0, 0.05) is 6.61 Å². The van der Waals surface area contributed by atoms with E-state index in [1.807, 2.05) is 0 Å². The van der Waals surface area contributed by atoms with Crippen molar-refractivity contribution in [3.05, 3.63) is 12.2 Å². The van der Waals surface area contributed by atoms with Gasteiger partial charge in [0.15, 0.2) is 6.29 Å². The molecule has 5 atom stereocenters. The molecule has 1 rings (SSSR count). The van der Waals surface area contributed by atoms with Crippen molar-refractivity contribution < 1.29 is 29.9 Å². The Kier molecular flexibility index (Phi) is 11.5. The van der Waals surface area contributed by atoms with E-state index < -0.39 is 37.3 Å². The quantitative estimate of drug-likeness (QED) is 0.316. The molecule has 1 aliphatic heterocycles. The number of allylic oxidation sites excluding steroid dienone is 2. The van der Waals surface area contributed by atoms with Crippen LogP contribution in [0.5, 0.6) is 0 Å². The molecule has 5 unspecified atom stereocenters. The molecule has 1 saturated heterocycles. The fourth-order valence-electron chi connectivity index (χ4n) is 2.76. The minimum absolute atomic E-state index is 0.419. The zero-order valence-electron chi connectivity index (χ0n) is 14.7. The third kappa shape index (κ3) is 7.59. The zero-order valence-corrected chi connectivity index (χ0v) is 14.7. The van der Waals surface area contributed by atoms with Crippen LogP contribution in [0.25, 0.3) is 0 Å². The summed E-state index contributed by atoms with van der Waals surface area (Å²) < 4.78 is 10.7. The van der Waals surface area contributed by atoms with Gasteiger partial charge in [-0.3, -0.25) is 0 Å². The summed E-state index contributed by atoms with van der Waals surface area (Å²) in [5.74, 6) is 0. The van der Waals surface area contributed by atoms with Crippen LogP contribution in [0.1, 0.15) is 58.3 Å². The summed E-state index contributed by atoms with van der Waals surface area (Å²) in [6, 6.07) is 0. The second-order valence-corrected chi connectivity index (χ2v) is 6.36. The summed E-state index contributed by atoms with van der Waals surface area (Å²) in [6.45, 7) is 2.13. The van der Waals surface area contributed by atoms with Gasteiger partial charge in [0.2, 0.25) is 0 Å². The molecule has 6 heteroatoms. The van der Waals surface area contributed by atoms with E-state index in [4.69, 9.17) is 14.6 Å². The average molecular weight is 346 g/mol. The first-order chi connectivity index (χ1) is 11.6. The molecule has 0 aromatic carbocycles. The molecule has 142 valence electrons. The van der Waals surface area contributed by atoms with Gasteiger partial charge >= 0.3 is 0 Å². The van der Waals surface area contributed by atoms with Gasteiger partial charge in [0.25, 0.3) is 0 Å². The van der Waals surface area contributed by atoms with Crippen molar-refractivity contribution in [2.45, 2.75) is 89.0 Å². The van der Waals surface area contributed by atoms with E-state index in [2.05, 4.69) is 19.1 Å². The van der Waals surface area contributed by atoms with Crippen LogP contribution in [-0.2, 0) is 9.47 Å². The molecule has 0 aromatic heterocycles. The van der Waals surface area contributed by atoms with E-state index in [1.54, 1.807) is 0 Å². The molecule has 24 heavy (non-hydrogen) atoms. The van der Waals surface area contributed by atoms with E-state index in [0.717, 1.165) is 32.1 Å². The molecule has 1 aliphatic rings. The van der Waals surface area contributed by atoms with Crippen molar-refractivity contribution >= 4 is 0 Å². The summed E-state index contributed by atoms with van der Waals surface area (Å²) in [4.78, 5) is 0. The molecule has 1 fully saturated rings. The van der Waals surface area contributed by atoms with Crippen molar-refractivity contribution in [1.29, 1.82) is 0 Å². The number of hydrogen-bond acceptors (Lipinski definition) is 6. The Balaban J connectivity index is 2.05. The Morgan fingerprint density at radius 3 is 2.21 bits per heavy atom. The highest BCUT2D eigenvalue weighted by molar-refractivity contribution is 4.88. The van der Waals surface area contributed by atoms with Gasteiger partial charge in [-0.25, -0.2) is 0 Å². The smallest absolute Gasteiger partial charge is 0.186 e. The van der Waals surface area contributed by atoms with E-state index in [9.17, 15) is 15.3 Å².